The molecule has 0 spiro atoms. The van der Waals surface area contributed by atoms with Crippen LogP contribution in [0, 0.1) is 5.41 Å². The van der Waals surface area contributed by atoms with E-state index in [2.05, 4.69) is 61.5 Å². The fraction of sp³-hybridized carbons (Fsp3) is 0.667. The van der Waals surface area contributed by atoms with Crippen molar-refractivity contribution >= 4 is 5.91 Å². The molecule has 0 aliphatic carbocycles. The van der Waals surface area contributed by atoms with Crippen LogP contribution in [0.3, 0.4) is 0 Å². The second-order valence-corrected chi connectivity index (χ2v) is 10.5. The molecule has 3 aliphatic rings. The predicted octanol–water partition coefficient (Wildman–Crippen LogP) is 4.10. The van der Waals surface area contributed by atoms with Crippen LogP contribution < -0.4 is 10.6 Å². The molecular weight excluding hydrogens is 426 g/mol. The largest absolute Gasteiger partial charge is 0.367 e. The van der Waals surface area contributed by atoms with Crippen LogP contribution in [0.25, 0.3) is 0 Å². The van der Waals surface area contributed by atoms with Gasteiger partial charge in [0.1, 0.15) is 12.0 Å². The van der Waals surface area contributed by atoms with Crippen molar-refractivity contribution in [1.29, 1.82) is 0 Å². The molecule has 3 heterocycles. The van der Waals surface area contributed by atoms with Gasteiger partial charge in [0.05, 0.1) is 6.10 Å². The van der Waals surface area contributed by atoms with Crippen molar-refractivity contribution in [3.63, 3.8) is 0 Å². The number of hydroxylamine groups is 2. The van der Waals surface area contributed by atoms with Crippen molar-refractivity contribution < 1.29 is 9.63 Å². The van der Waals surface area contributed by atoms with E-state index in [0.29, 0.717) is 12.0 Å². The Balaban J connectivity index is 1.83. The van der Waals surface area contributed by atoms with Gasteiger partial charge in [-0.3, -0.25) is 14.9 Å². The minimum absolute atomic E-state index is 0.0490. The van der Waals surface area contributed by atoms with E-state index in [1.165, 1.54) is 5.57 Å². The van der Waals surface area contributed by atoms with Gasteiger partial charge >= 0.3 is 0 Å². The molecule has 190 valence electrons. The highest BCUT2D eigenvalue weighted by atomic mass is 16.7. The van der Waals surface area contributed by atoms with Crippen molar-refractivity contribution in [2.45, 2.75) is 79.5 Å². The summed E-state index contributed by atoms with van der Waals surface area (Å²) in [5, 5.41) is 8.80. The van der Waals surface area contributed by atoms with Crippen LogP contribution in [0.15, 0.2) is 47.1 Å². The van der Waals surface area contributed by atoms with Gasteiger partial charge in [0.25, 0.3) is 5.91 Å². The number of hydrogen-bond acceptors (Lipinski definition) is 6. The van der Waals surface area contributed by atoms with E-state index in [4.69, 9.17) is 4.84 Å². The molecule has 1 atom stereocenters. The number of amides is 1. The zero-order chi connectivity index (χ0) is 24.9. The molecule has 7 heteroatoms. The SMILES string of the molecule is CCCN(C1=CC(NC)N(OC(C)C)C=C1)C1=C(CC)C=C(C(=O)N2CCC(C)(C)CC2)CN1. The average Bonchev–Trinajstić information content (AvgIpc) is 2.82. The summed E-state index contributed by atoms with van der Waals surface area (Å²) < 4.78 is 0. The number of nitrogens with zero attached hydrogens (tertiary/aromatic N) is 3. The van der Waals surface area contributed by atoms with Crippen molar-refractivity contribution in [3.05, 3.63) is 47.1 Å². The highest BCUT2D eigenvalue weighted by molar-refractivity contribution is 5.94. The highest BCUT2D eigenvalue weighted by Crippen LogP contribution is 2.31. The maximum absolute atomic E-state index is 13.3. The quantitative estimate of drug-likeness (QED) is 0.528. The van der Waals surface area contributed by atoms with Gasteiger partial charge in [-0.05, 0) is 75.8 Å². The monoisotopic (exact) mass is 471 g/mol. The topological polar surface area (TPSA) is 60.1 Å². The Morgan fingerprint density at radius 3 is 2.59 bits per heavy atom. The standard InChI is InChI=1S/C27H45N5O2/c1-8-13-31(23-10-14-32(34-20(3)4)24(18-23)28-7)25-21(9-2)17-22(19-29-25)26(33)30-15-11-27(5,6)12-16-30/h10,14,17-18,20,24,28-29H,8-9,11-13,15-16,19H2,1-7H3. The van der Waals surface area contributed by atoms with Crippen molar-refractivity contribution in [2.24, 2.45) is 5.41 Å². The number of hydrogen-bond donors (Lipinski definition) is 2. The van der Waals surface area contributed by atoms with E-state index < -0.39 is 0 Å². The Morgan fingerprint density at radius 1 is 1.29 bits per heavy atom. The zero-order valence-corrected chi connectivity index (χ0v) is 22.3. The minimum Gasteiger partial charge on any atom is -0.367 e. The number of allylic oxidation sites excluding steroid dienone is 3. The summed E-state index contributed by atoms with van der Waals surface area (Å²) in [4.78, 5) is 23.6. The van der Waals surface area contributed by atoms with Crippen LogP contribution in [-0.2, 0) is 9.63 Å². The van der Waals surface area contributed by atoms with E-state index in [0.717, 1.165) is 62.4 Å². The Kier molecular flexibility index (Phi) is 8.88. The molecule has 1 amide bonds. The van der Waals surface area contributed by atoms with Crippen LogP contribution in [0.4, 0.5) is 0 Å². The summed E-state index contributed by atoms with van der Waals surface area (Å²) in [6.07, 6.45) is 12.5. The number of likely N-dealkylation sites (N-methyl/N-ethyl adjacent to an activating group) is 1. The number of rotatable bonds is 9. The van der Waals surface area contributed by atoms with Gasteiger partial charge in [0, 0.05) is 43.6 Å². The van der Waals surface area contributed by atoms with E-state index in [1.807, 2.05) is 37.1 Å². The first-order chi connectivity index (χ1) is 16.2. The fourth-order valence-electron chi connectivity index (χ4n) is 4.68. The number of likely N-dealkylation sites (tertiary alicyclic amines) is 1. The van der Waals surface area contributed by atoms with Crippen LogP contribution in [0.5, 0.6) is 0 Å². The van der Waals surface area contributed by atoms with E-state index in [1.54, 1.807) is 0 Å². The van der Waals surface area contributed by atoms with Gasteiger partial charge in [-0.15, -0.1) is 0 Å². The Labute approximate surface area is 206 Å². The molecule has 0 aromatic heterocycles. The van der Waals surface area contributed by atoms with Gasteiger partial charge in [0.15, 0.2) is 0 Å². The molecule has 0 aromatic carbocycles. The lowest BCUT2D eigenvalue weighted by Gasteiger charge is -2.39. The molecule has 34 heavy (non-hydrogen) atoms. The molecule has 1 unspecified atom stereocenters. The van der Waals surface area contributed by atoms with Gasteiger partial charge in [-0.25, -0.2) is 5.06 Å². The summed E-state index contributed by atoms with van der Waals surface area (Å²) in [7, 11) is 1.94. The normalized spacial score (nSPS) is 22.5. The molecule has 3 aliphatic heterocycles. The van der Waals surface area contributed by atoms with Gasteiger partial charge < -0.3 is 15.1 Å². The van der Waals surface area contributed by atoms with Crippen LogP contribution in [0.1, 0.15) is 67.2 Å². The molecule has 0 aromatic rings. The van der Waals surface area contributed by atoms with Crippen LogP contribution in [0.2, 0.25) is 0 Å². The third kappa shape index (κ3) is 6.25. The molecule has 0 bridgehead atoms. The molecule has 2 N–H and O–H groups in total. The summed E-state index contributed by atoms with van der Waals surface area (Å²) in [5.74, 6) is 1.29. The van der Waals surface area contributed by atoms with Crippen molar-refractivity contribution in [2.75, 3.05) is 33.2 Å². The maximum atomic E-state index is 13.3. The van der Waals surface area contributed by atoms with E-state index >= 15 is 0 Å². The summed E-state index contributed by atoms with van der Waals surface area (Å²) in [5.41, 5.74) is 3.51. The summed E-state index contributed by atoms with van der Waals surface area (Å²) >= 11 is 0. The number of piperidine rings is 1. The predicted molar refractivity (Wildman–Crippen MR) is 138 cm³/mol. The summed E-state index contributed by atoms with van der Waals surface area (Å²) in [6, 6.07) is 0. The maximum Gasteiger partial charge on any atom is 0.251 e. The zero-order valence-electron chi connectivity index (χ0n) is 22.3. The van der Waals surface area contributed by atoms with E-state index in [-0.39, 0.29) is 18.2 Å². The lowest BCUT2D eigenvalue weighted by Crippen LogP contribution is -2.46. The lowest BCUT2D eigenvalue weighted by atomic mass is 9.82. The van der Waals surface area contributed by atoms with Crippen molar-refractivity contribution in [1.82, 2.24) is 25.5 Å². The van der Waals surface area contributed by atoms with Gasteiger partial charge in [0.2, 0.25) is 0 Å². The Bertz CT molecular complexity index is 845. The molecule has 7 nitrogen and oxygen atoms in total. The third-order valence-corrected chi connectivity index (χ3v) is 6.81. The van der Waals surface area contributed by atoms with Crippen LogP contribution in [-0.4, -0.2) is 66.3 Å². The molecule has 0 radical (unpaired) electrons. The molecule has 1 fully saturated rings. The Morgan fingerprint density at radius 2 is 2.00 bits per heavy atom. The number of dihydropyridines is 1. The molecular formula is C27H45N5O2. The fourth-order valence-corrected chi connectivity index (χ4v) is 4.68. The second kappa shape index (κ2) is 11.5. The first kappa shape index (κ1) is 26.4. The Hall–Kier alpha value is -2.25. The molecule has 0 saturated carbocycles. The molecule has 1 saturated heterocycles. The number of nitrogens with one attached hydrogen (secondary N) is 2. The smallest absolute Gasteiger partial charge is 0.251 e. The van der Waals surface area contributed by atoms with Gasteiger partial charge in [-0.1, -0.05) is 27.7 Å². The highest BCUT2D eigenvalue weighted by Gasteiger charge is 2.31. The number of carbonyl (C=O) groups is 1. The van der Waals surface area contributed by atoms with Crippen molar-refractivity contribution in [3.8, 4) is 0 Å². The lowest BCUT2D eigenvalue weighted by molar-refractivity contribution is -0.174. The third-order valence-electron chi connectivity index (χ3n) is 6.81. The number of carbonyl (C=O) groups excluding carboxylic acids is 1. The minimum atomic E-state index is -0.0490. The van der Waals surface area contributed by atoms with Gasteiger partial charge in [-0.2, -0.15) is 0 Å². The first-order valence-electron chi connectivity index (χ1n) is 13.0. The summed E-state index contributed by atoms with van der Waals surface area (Å²) in [6.45, 7) is 16.2. The first-order valence-corrected chi connectivity index (χ1v) is 13.0. The average molecular weight is 472 g/mol. The van der Waals surface area contributed by atoms with Crippen LogP contribution >= 0.6 is 0 Å². The molecule has 3 rings (SSSR count). The van der Waals surface area contributed by atoms with E-state index in [9.17, 15) is 4.79 Å². The second-order valence-electron chi connectivity index (χ2n) is 10.5.